The molecule has 0 spiro atoms. The zero-order valence-corrected chi connectivity index (χ0v) is 19.0. The Bertz CT molecular complexity index is 1040. The Kier molecular flexibility index (Phi) is 7.07. The van der Waals surface area contributed by atoms with E-state index in [4.69, 9.17) is 0 Å². The maximum atomic E-state index is 13.7. The molecule has 2 aromatic rings. The Labute approximate surface area is 202 Å². The van der Waals surface area contributed by atoms with Crippen LogP contribution in [0.25, 0.3) is 0 Å². The van der Waals surface area contributed by atoms with Crippen molar-refractivity contribution in [3.8, 4) is 0 Å². The van der Waals surface area contributed by atoms with Crippen molar-refractivity contribution >= 4 is 5.91 Å². The Morgan fingerprint density at radius 2 is 1.39 bits per heavy atom. The average molecular weight is 520 g/mol. The molecule has 0 bridgehead atoms. The van der Waals surface area contributed by atoms with Gasteiger partial charge in [0, 0.05) is 56.5 Å². The fourth-order valence-electron chi connectivity index (χ4n) is 5.03. The van der Waals surface area contributed by atoms with Gasteiger partial charge in [-0.15, -0.1) is 0 Å². The van der Waals surface area contributed by atoms with Gasteiger partial charge in [0.15, 0.2) is 0 Å². The molecule has 2 atom stereocenters. The molecule has 36 heavy (non-hydrogen) atoms. The molecule has 196 valence electrons. The van der Waals surface area contributed by atoms with E-state index in [0.717, 1.165) is 5.56 Å². The van der Waals surface area contributed by atoms with Crippen LogP contribution in [0, 0.1) is 0 Å². The largest absolute Gasteiger partial charge is 0.416 e. The van der Waals surface area contributed by atoms with Gasteiger partial charge >= 0.3 is 12.4 Å². The number of piperidine rings is 2. The summed E-state index contributed by atoms with van der Waals surface area (Å²) in [6.07, 6.45) is -10.4. The normalized spacial score (nSPS) is 23.5. The fourth-order valence-corrected chi connectivity index (χ4v) is 5.03. The SMILES string of the molecule is O=C(c1cc(C(F)(F)F)cc(C(F)(F)F)c1)N1CC[C@@H](N2CCC(F)(F)CC2)[C@@H](c2ccccc2)C1. The lowest BCUT2D eigenvalue weighted by atomic mass is 9.83. The predicted molar refractivity (Wildman–Crippen MR) is 116 cm³/mol. The summed E-state index contributed by atoms with van der Waals surface area (Å²) in [6.45, 7) is 0.449. The summed E-state index contributed by atoms with van der Waals surface area (Å²) < 4.78 is 107. The Hall–Kier alpha value is -2.69. The molecule has 2 fully saturated rings. The number of carbonyl (C=O) groups is 1. The number of hydrogen-bond donors (Lipinski definition) is 0. The molecule has 2 saturated heterocycles. The fraction of sp³-hybridized carbons (Fsp3) is 0.480. The first-order chi connectivity index (χ1) is 16.7. The van der Waals surface area contributed by atoms with Crippen LogP contribution in [0.2, 0.25) is 0 Å². The predicted octanol–water partition coefficient (Wildman–Crippen LogP) is 6.45. The third-order valence-electron chi connectivity index (χ3n) is 6.92. The maximum absolute atomic E-state index is 13.7. The van der Waals surface area contributed by atoms with Crippen LogP contribution in [0.15, 0.2) is 48.5 Å². The summed E-state index contributed by atoms with van der Waals surface area (Å²) in [5.41, 5.74) is -2.98. The van der Waals surface area contributed by atoms with Crippen molar-refractivity contribution in [3.05, 3.63) is 70.8 Å². The lowest BCUT2D eigenvalue weighted by molar-refractivity contribution is -0.143. The molecule has 0 radical (unpaired) electrons. The number of rotatable bonds is 3. The lowest BCUT2D eigenvalue weighted by Gasteiger charge is -2.46. The third kappa shape index (κ3) is 5.82. The summed E-state index contributed by atoms with van der Waals surface area (Å²) in [7, 11) is 0. The monoisotopic (exact) mass is 520 g/mol. The summed E-state index contributed by atoms with van der Waals surface area (Å²) >= 11 is 0. The Morgan fingerprint density at radius 1 is 0.833 bits per heavy atom. The van der Waals surface area contributed by atoms with Crippen molar-refractivity contribution in [2.24, 2.45) is 0 Å². The van der Waals surface area contributed by atoms with Gasteiger partial charge in [-0.05, 0) is 30.2 Å². The van der Waals surface area contributed by atoms with Crippen molar-refractivity contribution in [1.29, 1.82) is 0 Å². The van der Waals surface area contributed by atoms with Crippen LogP contribution in [-0.4, -0.2) is 53.9 Å². The minimum atomic E-state index is -5.06. The van der Waals surface area contributed by atoms with Crippen LogP contribution < -0.4 is 0 Å². The van der Waals surface area contributed by atoms with Gasteiger partial charge in [0.1, 0.15) is 0 Å². The molecular weight excluding hydrogens is 496 g/mol. The van der Waals surface area contributed by atoms with Crippen LogP contribution in [0.4, 0.5) is 35.1 Å². The van der Waals surface area contributed by atoms with Gasteiger partial charge in [0.05, 0.1) is 11.1 Å². The van der Waals surface area contributed by atoms with Crippen LogP contribution in [-0.2, 0) is 12.4 Å². The molecule has 0 unspecified atom stereocenters. The zero-order chi connectivity index (χ0) is 26.3. The molecule has 2 aliphatic rings. The van der Waals surface area contributed by atoms with Gasteiger partial charge in [-0.2, -0.15) is 26.3 Å². The van der Waals surface area contributed by atoms with Crippen molar-refractivity contribution in [1.82, 2.24) is 9.80 Å². The number of halogens is 8. The van der Waals surface area contributed by atoms with E-state index in [-0.39, 0.29) is 57.0 Å². The van der Waals surface area contributed by atoms with Crippen LogP contribution in [0.1, 0.15) is 52.2 Å². The van der Waals surface area contributed by atoms with E-state index >= 15 is 0 Å². The van der Waals surface area contributed by atoms with Crippen molar-refractivity contribution in [2.45, 2.75) is 49.5 Å². The van der Waals surface area contributed by atoms with Crippen molar-refractivity contribution in [3.63, 3.8) is 0 Å². The topological polar surface area (TPSA) is 23.6 Å². The first-order valence-corrected chi connectivity index (χ1v) is 11.5. The van der Waals surface area contributed by atoms with Gasteiger partial charge < -0.3 is 4.90 Å². The van der Waals surface area contributed by atoms with E-state index in [2.05, 4.69) is 0 Å². The molecule has 2 heterocycles. The molecule has 0 saturated carbocycles. The maximum Gasteiger partial charge on any atom is 0.416 e. The molecule has 0 N–H and O–H groups in total. The lowest BCUT2D eigenvalue weighted by Crippen LogP contribution is -2.54. The number of likely N-dealkylation sites (tertiary alicyclic amines) is 2. The number of alkyl halides is 8. The Balaban J connectivity index is 1.62. The average Bonchev–Trinajstić information content (AvgIpc) is 2.82. The molecular formula is C25H24F8N2O. The highest BCUT2D eigenvalue weighted by Gasteiger charge is 2.42. The third-order valence-corrected chi connectivity index (χ3v) is 6.92. The van der Waals surface area contributed by atoms with Gasteiger partial charge in [-0.3, -0.25) is 9.69 Å². The molecule has 0 aromatic heterocycles. The highest BCUT2D eigenvalue weighted by molar-refractivity contribution is 5.95. The summed E-state index contributed by atoms with van der Waals surface area (Å²) in [6, 6.07) is 9.64. The van der Waals surface area contributed by atoms with E-state index in [9.17, 15) is 39.9 Å². The van der Waals surface area contributed by atoms with E-state index in [1.165, 1.54) is 4.90 Å². The number of amides is 1. The van der Waals surface area contributed by atoms with Crippen molar-refractivity contribution < 1.29 is 39.9 Å². The minimum Gasteiger partial charge on any atom is -0.338 e. The zero-order valence-electron chi connectivity index (χ0n) is 19.0. The summed E-state index contributed by atoms with van der Waals surface area (Å²) in [5.74, 6) is -4.02. The van der Waals surface area contributed by atoms with E-state index in [0.29, 0.717) is 18.6 Å². The highest BCUT2D eigenvalue weighted by Crippen LogP contribution is 2.39. The number of benzene rings is 2. The number of nitrogens with zero attached hydrogens (tertiary/aromatic N) is 2. The smallest absolute Gasteiger partial charge is 0.338 e. The highest BCUT2D eigenvalue weighted by atomic mass is 19.4. The summed E-state index contributed by atoms with van der Waals surface area (Å²) in [5, 5.41) is 0. The van der Waals surface area contributed by atoms with Gasteiger partial charge in [0.25, 0.3) is 11.8 Å². The molecule has 4 rings (SSSR count). The van der Waals surface area contributed by atoms with Gasteiger partial charge in [0.2, 0.25) is 0 Å². The molecule has 11 heteroatoms. The van der Waals surface area contributed by atoms with E-state index in [1.54, 1.807) is 18.2 Å². The van der Waals surface area contributed by atoms with Gasteiger partial charge in [-0.1, -0.05) is 30.3 Å². The number of carbonyl (C=O) groups excluding carboxylic acids is 1. The molecule has 2 aromatic carbocycles. The van der Waals surface area contributed by atoms with E-state index in [1.807, 2.05) is 17.0 Å². The molecule has 2 aliphatic heterocycles. The second-order valence-electron chi connectivity index (χ2n) is 9.31. The van der Waals surface area contributed by atoms with Crippen LogP contribution in [0.3, 0.4) is 0 Å². The standard InChI is InChI=1S/C25H24F8N2O/c26-23(27)7-10-34(11-8-23)21-6-9-35(15-20(21)16-4-2-1-3-5-16)22(36)17-12-18(24(28,29)30)14-19(13-17)25(31,32)33/h1-5,12-14,20-21H,6-11,15H2/t20-,21-/m1/s1. The minimum absolute atomic E-state index is 0.0120. The molecule has 3 nitrogen and oxygen atoms in total. The van der Waals surface area contributed by atoms with Crippen LogP contribution >= 0.6 is 0 Å². The summed E-state index contributed by atoms with van der Waals surface area (Å²) in [4.78, 5) is 16.4. The van der Waals surface area contributed by atoms with Crippen LogP contribution in [0.5, 0.6) is 0 Å². The first-order valence-electron chi connectivity index (χ1n) is 11.5. The number of hydrogen-bond acceptors (Lipinski definition) is 2. The van der Waals surface area contributed by atoms with Crippen molar-refractivity contribution in [2.75, 3.05) is 26.2 Å². The Morgan fingerprint density at radius 3 is 1.92 bits per heavy atom. The first kappa shape index (κ1) is 26.4. The second-order valence-corrected chi connectivity index (χ2v) is 9.31. The quantitative estimate of drug-likeness (QED) is 0.434. The second kappa shape index (κ2) is 9.64. The molecule has 1 amide bonds. The van der Waals surface area contributed by atoms with E-state index < -0.39 is 40.9 Å². The molecule has 0 aliphatic carbocycles. The van der Waals surface area contributed by atoms with Gasteiger partial charge in [-0.25, -0.2) is 8.78 Å².